The monoisotopic (exact) mass is 334 g/mol. The number of aliphatic imine (C=N–C) groups is 1. The van der Waals surface area contributed by atoms with E-state index in [-0.39, 0.29) is 16.3 Å². The smallest absolute Gasteiger partial charge is 0.312 e. The van der Waals surface area contributed by atoms with Gasteiger partial charge in [0.2, 0.25) is 5.75 Å². The van der Waals surface area contributed by atoms with Gasteiger partial charge in [0, 0.05) is 22.9 Å². The third-order valence-corrected chi connectivity index (χ3v) is 3.42. The number of rotatable bonds is 5. The quantitative estimate of drug-likeness (QED) is 0.482. The van der Waals surface area contributed by atoms with E-state index in [2.05, 4.69) is 4.99 Å². The Morgan fingerprint density at radius 2 is 2.04 bits per heavy atom. The summed E-state index contributed by atoms with van der Waals surface area (Å²) in [6.07, 6.45) is 3.03. The molecule has 0 aliphatic rings. The first-order chi connectivity index (χ1) is 10.9. The van der Waals surface area contributed by atoms with Crippen LogP contribution in [0.5, 0.6) is 11.5 Å². The number of nitro benzene ring substituents is 1. The number of aryl methyl sites for hydroxylation is 1. The number of nitro groups is 1. The lowest BCUT2D eigenvalue weighted by atomic mass is 10.1. The highest BCUT2D eigenvalue weighted by Crippen LogP contribution is 2.33. The zero-order valence-corrected chi connectivity index (χ0v) is 13.1. The molecule has 0 saturated heterocycles. The lowest BCUT2D eigenvalue weighted by molar-refractivity contribution is -0.385. The molecule has 0 bridgehead atoms. The number of hydrogen-bond donors (Lipinski definition) is 2. The molecule has 120 valence electrons. The van der Waals surface area contributed by atoms with Crippen LogP contribution >= 0.6 is 11.6 Å². The molecule has 0 aliphatic carbocycles. The number of phenols is 2. The van der Waals surface area contributed by atoms with Crippen LogP contribution in [0, 0.1) is 10.1 Å². The summed E-state index contributed by atoms with van der Waals surface area (Å²) in [5.41, 5.74) is 0.934. The zero-order chi connectivity index (χ0) is 17.0. The molecular formula is C16H15ClN2O4. The van der Waals surface area contributed by atoms with Gasteiger partial charge in [0.1, 0.15) is 11.4 Å². The van der Waals surface area contributed by atoms with E-state index in [1.807, 2.05) is 6.92 Å². The third-order valence-electron chi connectivity index (χ3n) is 3.20. The number of aromatic hydroxyl groups is 2. The summed E-state index contributed by atoms with van der Waals surface area (Å²) in [5.74, 6) is -0.538. The van der Waals surface area contributed by atoms with Crippen molar-refractivity contribution in [3.63, 3.8) is 0 Å². The van der Waals surface area contributed by atoms with Crippen LogP contribution in [0.1, 0.15) is 24.5 Å². The van der Waals surface area contributed by atoms with Crippen molar-refractivity contribution in [3.05, 3.63) is 56.6 Å². The molecule has 2 aromatic carbocycles. The van der Waals surface area contributed by atoms with Crippen LogP contribution in [0.25, 0.3) is 0 Å². The van der Waals surface area contributed by atoms with Crippen molar-refractivity contribution in [1.29, 1.82) is 0 Å². The summed E-state index contributed by atoms with van der Waals surface area (Å²) < 4.78 is 0. The van der Waals surface area contributed by atoms with Gasteiger partial charge in [0.25, 0.3) is 0 Å². The average molecular weight is 335 g/mol. The normalized spacial score (nSPS) is 11.0. The molecule has 23 heavy (non-hydrogen) atoms. The molecule has 0 fully saturated rings. The minimum Gasteiger partial charge on any atom is -0.506 e. The van der Waals surface area contributed by atoms with Gasteiger partial charge in [-0.3, -0.25) is 15.1 Å². The molecule has 0 atom stereocenters. The van der Waals surface area contributed by atoms with Gasteiger partial charge in [0.15, 0.2) is 0 Å². The van der Waals surface area contributed by atoms with Crippen molar-refractivity contribution in [3.8, 4) is 11.5 Å². The lowest BCUT2D eigenvalue weighted by Gasteiger charge is -2.04. The summed E-state index contributed by atoms with van der Waals surface area (Å²) in [7, 11) is 0. The summed E-state index contributed by atoms with van der Waals surface area (Å²) in [5, 5.41) is 30.7. The fraction of sp³-hybridized carbons (Fsp3) is 0.188. The zero-order valence-electron chi connectivity index (χ0n) is 12.4. The maximum Gasteiger partial charge on any atom is 0.312 e. The minimum atomic E-state index is -0.724. The standard InChI is InChI=1S/C16H15ClN2O4/c1-2-3-10-4-5-15(20)13(6-10)18-9-11-7-12(17)8-14(16(11)21)19(22)23/h4-9,20-21H,2-3H2,1H3. The number of hydrogen-bond acceptors (Lipinski definition) is 5. The van der Waals surface area contributed by atoms with Crippen molar-refractivity contribution in [1.82, 2.24) is 0 Å². The fourth-order valence-electron chi connectivity index (χ4n) is 2.10. The van der Waals surface area contributed by atoms with E-state index >= 15 is 0 Å². The molecule has 0 radical (unpaired) electrons. The van der Waals surface area contributed by atoms with E-state index in [0.29, 0.717) is 5.69 Å². The van der Waals surface area contributed by atoms with Gasteiger partial charge < -0.3 is 10.2 Å². The summed E-state index contributed by atoms with van der Waals surface area (Å²) in [6, 6.07) is 7.50. The van der Waals surface area contributed by atoms with Gasteiger partial charge in [-0.05, 0) is 30.2 Å². The Kier molecular flexibility index (Phi) is 5.18. The van der Waals surface area contributed by atoms with Crippen LogP contribution in [-0.2, 0) is 6.42 Å². The van der Waals surface area contributed by atoms with Crippen molar-refractivity contribution in [2.75, 3.05) is 0 Å². The van der Waals surface area contributed by atoms with Gasteiger partial charge in [-0.15, -0.1) is 0 Å². The van der Waals surface area contributed by atoms with Crippen LogP contribution in [0.2, 0.25) is 5.02 Å². The van der Waals surface area contributed by atoms with Crippen LogP contribution < -0.4 is 0 Å². The summed E-state index contributed by atoms with van der Waals surface area (Å²) in [6.45, 7) is 2.04. The van der Waals surface area contributed by atoms with Crippen LogP contribution in [0.3, 0.4) is 0 Å². The summed E-state index contributed by atoms with van der Waals surface area (Å²) >= 11 is 5.82. The van der Waals surface area contributed by atoms with Crippen molar-refractivity contribution in [2.45, 2.75) is 19.8 Å². The average Bonchev–Trinajstić information content (AvgIpc) is 2.50. The van der Waals surface area contributed by atoms with Gasteiger partial charge in [-0.25, -0.2) is 0 Å². The van der Waals surface area contributed by atoms with Gasteiger partial charge in [0.05, 0.1) is 4.92 Å². The Morgan fingerprint density at radius 1 is 1.30 bits per heavy atom. The molecular weight excluding hydrogens is 320 g/mol. The number of phenolic OH excluding ortho intramolecular Hbond substituents is 2. The predicted molar refractivity (Wildman–Crippen MR) is 89.1 cm³/mol. The molecule has 0 aliphatic heterocycles. The summed E-state index contributed by atoms with van der Waals surface area (Å²) in [4.78, 5) is 14.3. The largest absolute Gasteiger partial charge is 0.506 e. The molecule has 0 unspecified atom stereocenters. The van der Waals surface area contributed by atoms with E-state index in [4.69, 9.17) is 11.6 Å². The topological polar surface area (TPSA) is 96.0 Å². The predicted octanol–water partition coefficient (Wildman–Crippen LogP) is 4.36. The van der Waals surface area contributed by atoms with Crippen molar-refractivity contribution < 1.29 is 15.1 Å². The maximum absolute atomic E-state index is 10.9. The molecule has 6 nitrogen and oxygen atoms in total. The Balaban J connectivity index is 2.41. The lowest BCUT2D eigenvalue weighted by Crippen LogP contribution is -1.92. The van der Waals surface area contributed by atoms with Gasteiger partial charge in [-0.2, -0.15) is 0 Å². The first-order valence-electron chi connectivity index (χ1n) is 6.95. The van der Waals surface area contributed by atoms with Gasteiger partial charge in [-0.1, -0.05) is 31.0 Å². The van der Waals surface area contributed by atoms with E-state index < -0.39 is 16.4 Å². The first-order valence-corrected chi connectivity index (χ1v) is 7.33. The van der Waals surface area contributed by atoms with E-state index in [1.165, 1.54) is 18.3 Å². The second-order valence-electron chi connectivity index (χ2n) is 4.95. The molecule has 0 heterocycles. The highest BCUT2D eigenvalue weighted by atomic mass is 35.5. The highest BCUT2D eigenvalue weighted by Gasteiger charge is 2.17. The Hall–Kier alpha value is -2.60. The Labute approximate surface area is 137 Å². The van der Waals surface area contributed by atoms with E-state index in [1.54, 1.807) is 12.1 Å². The van der Waals surface area contributed by atoms with Crippen molar-refractivity contribution >= 4 is 29.2 Å². The number of halogens is 1. The highest BCUT2D eigenvalue weighted by molar-refractivity contribution is 6.31. The SMILES string of the molecule is CCCc1ccc(O)c(N=Cc2cc(Cl)cc([N+](=O)[O-])c2O)c1. The first kappa shape index (κ1) is 16.8. The fourth-order valence-corrected chi connectivity index (χ4v) is 2.32. The Morgan fingerprint density at radius 3 is 2.70 bits per heavy atom. The second kappa shape index (κ2) is 7.11. The molecule has 0 amide bonds. The minimum absolute atomic E-state index is 0.0166. The maximum atomic E-state index is 10.9. The Bertz CT molecular complexity index is 775. The van der Waals surface area contributed by atoms with Crippen LogP contribution in [-0.4, -0.2) is 21.4 Å². The van der Waals surface area contributed by atoms with E-state index in [0.717, 1.165) is 24.5 Å². The van der Waals surface area contributed by atoms with Crippen LogP contribution in [0.4, 0.5) is 11.4 Å². The molecule has 0 aromatic heterocycles. The molecule has 0 spiro atoms. The molecule has 7 heteroatoms. The molecule has 2 N–H and O–H groups in total. The third kappa shape index (κ3) is 3.98. The molecule has 2 aromatic rings. The second-order valence-corrected chi connectivity index (χ2v) is 5.39. The number of benzene rings is 2. The van der Waals surface area contributed by atoms with Gasteiger partial charge >= 0.3 is 5.69 Å². The molecule has 2 rings (SSSR count). The molecule has 0 saturated carbocycles. The van der Waals surface area contributed by atoms with E-state index in [9.17, 15) is 20.3 Å². The number of nitrogens with zero attached hydrogens (tertiary/aromatic N) is 2. The van der Waals surface area contributed by atoms with Crippen molar-refractivity contribution in [2.24, 2.45) is 4.99 Å². The van der Waals surface area contributed by atoms with Crippen LogP contribution in [0.15, 0.2) is 35.3 Å².